The summed E-state index contributed by atoms with van der Waals surface area (Å²) < 4.78 is 2.51. The van der Waals surface area contributed by atoms with Gasteiger partial charge in [-0.25, -0.2) is 9.79 Å². The quantitative estimate of drug-likeness (QED) is 0.449. The molecule has 0 fully saturated rings. The molecule has 0 unspecified atom stereocenters. The molecule has 4 aromatic rings. The first kappa shape index (κ1) is 22.2. The Labute approximate surface area is 208 Å². The van der Waals surface area contributed by atoms with Crippen molar-refractivity contribution in [1.29, 1.82) is 0 Å². The van der Waals surface area contributed by atoms with E-state index in [-0.39, 0.29) is 5.78 Å². The molecule has 2 heterocycles. The predicted molar refractivity (Wildman–Crippen MR) is 140 cm³/mol. The van der Waals surface area contributed by atoms with Crippen LogP contribution in [-0.4, -0.2) is 20.6 Å². The highest BCUT2D eigenvalue weighted by Gasteiger charge is 2.47. The van der Waals surface area contributed by atoms with E-state index >= 15 is 0 Å². The smallest absolute Gasteiger partial charge is 0.293 e. The van der Waals surface area contributed by atoms with E-state index in [1.165, 1.54) is 22.7 Å². The monoisotopic (exact) mass is 475 g/mol. The van der Waals surface area contributed by atoms with Crippen molar-refractivity contribution in [2.45, 2.75) is 18.8 Å². The fourth-order valence-electron chi connectivity index (χ4n) is 5.55. The molecule has 36 heavy (non-hydrogen) atoms. The molecule has 2 aliphatic rings. The number of aryl methyl sites for hydroxylation is 2. The molecular formula is C30H25N3O3. The second-order valence-corrected chi connectivity index (χ2v) is 9.53. The minimum Gasteiger partial charge on any atom is -0.293 e. The summed E-state index contributed by atoms with van der Waals surface area (Å²) in [6.45, 7) is 0. The molecule has 6 rings (SSSR count). The Morgan fingerprint density at radius 3 is 2.00 bits per heavy atom. The molecular weight excluding hydrogens is 450 g/mol. The Kier molecular flexibility index (Phi) is 5.18. The molecule has 0 amide bonds. The van der Waals surface area contributed by atoms with Crippen LogP contribution in [0.25, 0.3) is 0 Å². The molecule has 6 nitrogen and oxygen atoms in total. The first-order chi connectivity index (χ1) is 17.5. The number of hydrogen-bond donors (Lipinski definition) is 0. The number of aliphatic imine (C=N–C) groups is 1. The average molecular weight is 476 g/mol. The van der Waals surface area contributed by atoms with Gasteiger partial charge in [0, 0.05) is 31.1 Å². The third-order valence-corrected chi connectivity index (χ3v) is 7.47. The van der Waals surface area contributed by atoms with Gasteiger partial charge < -0.3 is 0 Å². The second-order valence-electron chi connectivity index (χ2n) is 9.53. The van der Waals surface area contributed by atoms with E-state index in [9.17, 15) is 14.4 Å². The summed E-state index contributed by atoms with van der Waals surface area (Å²) in [4.78, 5) is 44.6. The summed E-state index contributed by atoms with van der Waals surface area (Å²) in [5.74, 6) is -0.836. The van der Waals surface area contributed by atoms with Gasteiger partial charge >= 0.3 is 5.69 Å². The Morgan fingerprint density at radius 2 is 1.31 bits per heavy atom. The molecule has 0 radical (unpaired) electrons. The highest BCUT2D eigenvalue weighted by Crippen LogP contribution is 2.46. The largest absolute Gasteiger partial charge is 0.332 e. The molecule has 178 valence electrons. The van der Waals surface area contributed by atoms with Gasteiger partial charge in [0.05, 0.1) is 17.2 Å². The van der Waals surface area contributed by atoms with Crippen molar-refractivity contribution in [3.8, 4) is 0 Å². The van der Waals surface area contributed by atoms with Crippen molar-refractivity contribution in [3.63, 3.8) is 0 Å². The van der Waals surface area contributed by atoms with Crippen LogP contribution in [0.15, 0.2) is 93.4 Å². The topological polar surface area (TPSA) is 73.4 Å². The van der Waals surface area contributed by atoms with Gasteiger partial charge in [-0.1, -0.05) is 78.9 Å². The van der Waals surface area contributed by atoms with Crippen molar-refractivity contribution in [1.82, 2.24) is 9.13 Å². The number of hydrogen-bond acceptors (Lipinski definition) is 4. The van der Waals surface area contributed by atoms with Gasteiger partial charge in [0.15, 0.2) is 5.78 Å². The zero-order valence-corrected chi connectivity index (χ0v) is 20.1. The van der Waals surface area contributed by atoms with Gasteiger partial charge in [0.2, 0.25) is 0 Å². The molecule has 0 saturated heterocycles. The van der Waals surface area contributed by atoms with Crippen LogP contribution in [0.2, 0.25) is 0 Å². The van der Waals surface area contributed by atoms with Gasteiger partial charge in [0.25, 0.3) is 5.56 Å². The molecule has 0 N–H and O–H groups in total. The summed E-state index contributed by atoms with van der Waals surface area (Å²) >= 11 is 0. The number of fused-ring (bicyclic) bond motifs is 4. The lowest BCUT2D eigenvalue weighted by atomic mass is 9.76. The van der Waals surface area contributed by atoms with Crippen LogP contribution in [0, 0.1) is 5.92 Å². The van der Waals surface area contributed by atoms with E-state index in [1.54, 1.807) is 7.05 Å². The van der Waals surface area contributed by atoms with Crippen LogP contribution in [0.1, 0.15) is 44.1 Å². The maximum absolute atomic E-state index is 13.6. The van der Waals surface area contributed by atoms with E-state index in [0.717, 1.165) is 28.5 Å². The lowest BCUT2D eigenvalue weighted by Gasteiger charge is -2.30. The number of carbonyl (C=O) groups excluding carboxylic acids is 1. The van der Waals surface area contributed by atoms with E-state index in [4.69, 9.17) is 4.99 Å². The standard InChI is InChI=1S/C30H25N3O3/c1-32-28-25(29(35)33(2)30(32)36)23(24-26(31-28)21-10-6-7-11-22(21)27(24)34)20-16-14-19(15-17-20)13-12-18-8-4-3-5-9-18/h3-11,14-17,23-24H,12-13H2,1-2H3/t23-,24-/m1/s1. The summed E-state index contributed by atoms with van der Waals surface area (Å²) in [5, 5.41) is 0. The number of benzene rings is 3. The van der Waals surface area contributed by atoms with Gasteiger partial charge in [-0.15, -0.1) is 0 Å². The number of rotatable bonds is 4. The average Bonchev–Trinajstić information content (AvgIpc) is 3.21. The van der Waals surface area contributed by atoms with Crippen molar-refractivity contribution in [2.75, 3.05) is 0 Å². The number of Topliss-reactive ketones (excluding diaryl/α,β-unsaturated/α-hetero) is 1. The Hall–Kier alpha value is -4.32. The lowest BCUT2D eigenvalue weighted by molar-refractivity contribution is 0.0953. The molecule has 1 aliphatic heterocycles. The first-order valence-electron chi connectivity index (χ1n) is 12.1. The van der Waals surface area contributed by atoms with Gasteiger partial charge in [-0.3, -0.25) is 18.7 Å². The fourth-order valence-corrected chi connectivity index (χ4v) is 5.55. The van der Waals surface area contributed by atoms with Gasteiger partial charge in [-0.05, 0) is 29.5 Å². The Balaban J connectivity index is 1.47. The molecule has 0 saturated carbocycles. The third kappa shape index (κ3) is 3.33. The van der Waals surface area contributed by atoms with Crippen LogP contribution in [0.4, 0.5) is 5.82 Å². The molecule has 3 aromatic carbocycles. The summed E-state index contributed by atoms with van der Waals surface area (Å²) in [6.07, 6.45) is 1.82. The maximum Gasteiger partial charge on any atom is 0.332 e. The summed E-state index contributed by atoms with van der Waals surface area (Å²) in [6, 6.07) is 25.9. The SMILES string of the molecule is Cn1c2c(c(=O)n(C)c1=O)[C@H](c1ccc(CCc3ccccc3)cc1)[C@H]1C(=O)c3ccccc3C1=N2. The molecule has 2 atom stereocenters. The van der Waals surface area contributed by atoms with E-state index in [0.29, 0.717) is 22.7 Å². The van der Waals surface area contributed by atoms with Crippen LogP contribution in [0.3, 0.4) is 0 Å². The number of ketones is 1. The predicted octanol–water partition coefficient (Wildman–Crippen LogP) is 3.95. The number of aromatic nitrogens is 2. The van der Waals surface area contributed by atoms with Crippen LogP contribution in [0.5, 0.6) is 0 Å². The normalized spacial score (nSPS) is 17.8. The van der Waals surface area contributed by atoms with E-state index < -0.39 is 23.1 Å². The Bertz CT molecular complexity index is 1660. The van der Waals surface area contributed by atoms with Crippen molar-refractivity contribution in [3.05, 3.63) is 133 Å². The second kappa shape index (κ2) is 8.41. The van der Waals surface area contributed by atoms with Crippen molar-refractivity contribution >= 4 is 17.3 Å². The van der Waals surface area contributed by atoms with Crippen LogP contribution < -0.4 is 11.2 Å². The van der Waals surface area contributed by atoms with Crippen molar-refractivity contribution < 1.29 is 4.79 Å². The highest BCUT2D eigenvalue weighted by atomic mass is 16.2. The molecule has 1 aliphatic carbocycles. The van der Waals surface area contributed by atoms with Crippen molar-refractivity contribution in [2.24, 2.45) is 25.0 Å². The molecule has 6 heteroatoms. The first-order valence-corrected chi connectivity index (χ1v) is 12.1. The van der Waals surface area contributed by atoms with Gasteiger partial charge in [-0.2, -0.15) is 0 Å². The summed E-state index contributed by atoms with van der Waals surface area (Å²) in [7, 11) is 3.09. The third-order valence-electron chi connectivity index (χ3n) is 7.47. The van der Waals surface area contributed by atoms with Crippen LogP contribution in [-0.2, 0) is 26.9 Å². The highest BCUT2D eigenvalue weighted by molar-refractivity contribution is 6.30. The van der Waals surface area contributed by atoms with Crippen LogP contribution >= 0.6 is 0 Å². The fraction of sp³-hybridized carbons (Fsp3) is 0.200. The van der Waals surface area contributed by atoms with E-state index in [2.05, 4.69) is 24.3 Å². The maximum atomic E-state index is 13.6. The zero-order valence-electron chi connectivity index (χ0n) is 20.1. The van der Waals surface area contributed by atoms with E-state index in [1.807, 2.05) is 54.6 Å². The van der Waals surface area contributed by atoms with Gasteiger partial charge in [0.1, 0.15) is 5.82 Å². The summed E-state index contributed by atoms with van der Waals surface area (Å²) in [5.41, 5.74) is 4.90. The Morgan fingerprint density at radius 1 is 0.694 bits per heavy atom. The molecule has 1 aromatic heterocycles. The lowest BCUT2D eigenvalue weighted by Crippen LogP contribution is -2.43. The minimum atomic E-state index is -0.602. The number of carbonyl (C=O) groups is 1. The zero-order chi connectivity index (χ0) is 25.0. The molecule has 0 bridgehead atoms. The minimum absolute atomic E-state index is 0.0379. The number of nitrogens with zero attached hydrogens (tertiary/aromatic N) is 3. The molecule has 0 spiro atoms.